The van der Waals surface area contributed by atoms with Gasteiger partial charge in [0.05, 0.1) is 18.1 Å². The number of aromatic nitrogens is 1. The maximum Gasteiger partial charge on any atom is 0.295 e. The summed E-state index contributed by atoms with van der Waals surface area (Å²) in [5.41, 5.74) is 2.67. The number of methoxy groups -OCH3 is 1. The standard InChI is InChI=1S/C22H22BN3O4/c1-30-17-8-7-16(23)19-18(17)15(13-24-19)20(27)22(29)26-11-9-25(10-12-26)21(28)14-5-3-2-4-6-14/h2-8,13,24H,9-12,23H2,1H3. The van der Waals surface area contributed by atoms with Crippen LogP contribution >= 0.6 is 0 Å². The van der Waals surface area contributed by atoms with E-state index in [1.807, 2.05) is 32.1 Å². The van der Waals surface area contributed by atoms with E-state index in [4.69, 9.17) is 4.74 Å². The fraction of sp³-hybridized carbons (Fsp3) is 0.227. The molecule has 0 radical (unpaired) electrons. The Hall–Kier alpha value is -3.55. The zero-order valence-corrected chi connectivity index (χ0v) is 17.0. The molecule has 2 aromatic carbocycles. The van der Waals surface area contributed by atoms with E-state index >= 15 is 0 Å². The summed E-state index contributed by atoms with van der Waals surface area (Å²) >= 11 is 0. The molecule has 0 bridgehead atoms. The zero-order valence-electron chi connectivity index (χ0n) is 17.0. The van der Waals surface area contributed by atoms with Gasteiger partial charge in [-0.05, 0) is 18.2 Å². The highest BCUT2D eigenvalue weighted by Crippen LogP contribution is 2.28. The summed E-state index contributed by atoms with van der Waals surface area (Å²) in [7, 11) is 3.47. The minimum absolute atomic E-state index is 0.0640. The zero-order chi connectivity index (χ0) is 21.3. The van der Waals surface area contributed by atoms with Crippen molar-refractivity contribution in [3.05, 3.63) is 59.8 Å². The molecule has 7 nitrogen and oxygen atoms in total. The average Bonchev–Trinajstić information content (AvgIpc) is 3.25. The van der Waals surface area contributed by atoms with E-state index in [-0.39, 0.29) is 5.91 Å². The lowest BCUT2D eigenvalue weighted by atomic mass is 9.92. The molecular formula is C22H22BN3O4. The first-order chi connectivity index (χ1) is 14.5. The van der Waals surface area contributed by atoms with Crippen LogP contribution in [0.1, 0.15) is 20.7 Å². The predicted octanol–water partition coefficient (Wildman–Crippen LogP) is 0.602. The van der Waals surface area contributed by atoms with Crippen molar-refractivity contribution in [2.45, 2.75) is 0 Å². The van der Waals surface area contributed by atoms with E-state index in [1.54, 1.807) is 29.3 Å². The van der Waals surface area contributed by atoms with Crippen molar-refractivity contribution >= 4 is 41.8 Å². The first kappa shape index (κ1) is 19.8. The Bertz CT molecular complexity index is 1120. The number of ether oxygens (including phenoxy) is 1. The lowest BCUT2D eigenvalue weighted by molar-refractivity contribution is -0.127. The molecule has 1 saturated heterocycles. The Kier molecular flexibility index (Phi) is 5.31. The number of hydrogen-bond donors (Lipinski definition) is 1. The smallest absolute Gasteiger partial charge is 0.295 e. The Morgan fingerprint density at radius 2 is 1.63 bits per heavy atom. The highest BCUT2D eigenvalue weighted by molar-refractivity contribution is 6.46. The number of amides is 2. The lowest BCUT2D eigenvalue weighted by Gasteiger charge is -2.34. The van der Waals surface area contributed by atoms with Crippen LogP contribution in [0.15, 0.2) is 48.7 Å². The number of benzene rings is 2. The van der Waals surface area contributed by atoms with Gasteiger partial charge in [0.25, 0.3) is 17.6 Å². The summed E-state index contributed by atoms with van der Waals surface area (Å²) in [4.78, 5) is 44.8. The van der Waals surface area contributed by atoms with Crippen molar-refractivity contribution in [1.82, 2.24) is 14.8 Å². The van der Waals surface area contributed by atoms with E-state index in [0.717, 1.165) is 11.0 Å². The molecule has 1 aromatic heterocycles. The van der Waals surface area contributed by atoms with Crippen molar-refractivity contribution < 1.29 is 19.1 Å². The van der Waals surface area contributed by atoms with Gasteiger partial charge in [-0.3, -0.25) is 14.4 Å². The van der Waals surface area contributed by atoms with Gasteiger partial charge in [-0.2, -0.15) is 0 Å². The molecule has 1 N–H and O–H groups in total. The Balaban J connectivity index is 1.49. The molecular weight excluding hydrogens is 381 g/mol. The second-order valence-corrected chi connectivity index (χ2v) is 7.32. The summed E-state index contributed by atoms with van der Waals surface area (Å²) in [6.45, 7) is 1.43. The molecule has 4 rings (SSSR count). The number of fused-ring (bicyclic) bond motifs is 1. The van der Waals surface area contributed by atoms with Crippen LogP contribution in [0.5, 0.6) is 5.75 Å². The summed E-state index contributed by atoms with van der Waals surface area (Å²) in [6.07, 6.45) is 1.57. The van der Waals surface area contributed by atoms with Crippen LogP contribution in [0.4, 0.5) is 0 Å². The third kappa shape index (κ3) is 3.45. The highest BCUT2D eigenvalue weighted by atomic mass is 16.5. The molecule has 1 aliphatic rings. The fourth-order valence-corrected chi connectivity index (χ4v) is 3.84. The second kappa shape index (κ2) is 8.06. The van der Waals surface area contributed by atoms with E-state index in [9.17, 15) is 14.4 Å². The van der Waals surface area contributed by atoms with Gasteiger partial charge in [0.2, 0.25) is 0 Å². The number of carbonyl (C=O) groups excluding carboxylic acids is 3. The molecule has 0 aliphatic carbocycles. The molecule has 1 fully saturated rings. The molecule has 2 heterocycles. The Morgan fingerprint density at radius 1 is 0.967 bits per heavy atom. The minimum atomic E-state index is -0.576. The van der Waals surface area contributed by atoms with Crippen molar-refractivity contribution in [2.75, 3.05) is 33.3 Å². The normalized spacial score (nSPS) is 14.0. The average molecular weight is 403 g/mol. The Morgan fingerprint density at radius 3 is 2.30 bits per heavy atom. The largest absolute Gasteiger partial charge is 0.496 e. The van der Waals surface area contributed by atoms with Gasteiger partial charge < -0.3 is 19.5 Å². The topological polar surface area (TPSA) is 82.7 Å². The summed E-state index contributed by atoms with van der Waals surface area (Å²) < 4.78 is 5.40. The summed E-state index contributed by atoms with van der Waals surface area (Å²) in [5.74, 6) is -0.656. The number of aromatic amines is 1. The van der Waals surface area contributed by atoms with Crippen molar-refractivity contribution in [1.29, 1.82) is 0 Å². The minimum Gasteiger partial charge on any atom is -0.496 e. The SMILES string of the molecule is Bc1ccc(OC)c2c(C(=O)C(=O)N3CCN(C(=O)c4ccccc4)CC3)c[nH]c12. The number of carbonyl (C=O) groups is 3. The quantitative estimate of drug-likeness (QED) is 0.393. The van der Waals surface area contributed by atoms with Gasteiger partial charge >= 0.3 is 0 Å². The molecule has 3 aromatic rings. The summed E-state index contributed by atoms with van der Waals surface area (Å²) in [6, 6.07) is 12.7. The van der Waals surface area contributed by atoms with Gasteiger partial charge in [0.15, 0.2) is 0 Å². The number of piperazine rings is 1. The van der Waals surface area contributed by atoms with Crippen molar-refractivity contribution in [3.8, 4) is 5.75 Å². The molecule has 1 aliphatic heterocycles. The van der Waals surface area contributed by atoms with Gasteiger partial charge in [0.1, 0.15) is 13.6 Å². The van der Waals surface area contributed by atoms with E-state index < -0.39 is 11.7 Å². The fourth-order valence-electron chi connectivity index (χ4n) is 3.84. The number of H-pyrrole nitrogens is 1. The van der Waals surface area contributed by atoms with Crippen LogP contribution in [0.25, 0.3) is 10.9 Å². The van der Waals surface area contributed by atoms with Gasteiger partial charge in [-0.15, -0.1) is 0 Å². The molecule has 2 amide bonds. The van der Waals surface area contributed by atoms with Crippen LogP contribution in [-0.2, 0) is 4.79 Å². The second-order valence-electron chi connectivity index (χ2n) is 7.32. The molecule has 0 saturated carbocycles. The number of ketones is 1. The van der Waals surface area contributed by atoms with Gasteiger partial charge in [-0.1, -0.05) is 29.7 Å². The van der Waals surface area contributed by atoms with Crippen LogP contribution in [0.3, 0.4) is 0 Å². The molecule has 0 unspecified atom stereocenters. The van der Waals surface area contributed by atoms with Crippen molar-refractivity contribution in [3.63, 3.8) is 0 Å². The van der Waals surface area contributed by atoms with Crippen LogP contribution in [-0.4, -0.2) is 73.5 Å². The molecule has 8 heteroatoms. The lowest BCUT2D eigenvalue weighted by Crippen LogP contribution is -2.52. The first-order valence-electron chi connectivity index (χ1n) is 9.84. The third-order valence-electron chi connectivity index (χ3n) is 5.54. The highest BCUT2D eigenvalue weighted by Gasteiger charge is 2.30. The first-order valence-corrected chi connectivity index (χ1v) is 9.84. The molecule has 0 spiro atoms. The van der Waals surface area contributed by atoms with Crippen LogP contribution < -0.4 is 10.2 Å². The predicted molar refractivity (Wildman–Crippen MR) is 116 cm³/mol. The number of Topliss-reactive ketones (excluding diaryl/α,β-unsaturated/α-hetero) is 1. The Labute approximate surface area is 175 Å². The number of nitrogens with zero attached hydrogens (tertiary/aromatic N) is 2. The number of nitrogens with one attached hydrogen (secondary N) is 1. The third-order valence-corrected chi connectivity index (χ3v) is 5.54. The van der Waals surface area contributed by atoms with Gasteiger partial charge in [-0.25, -0.2) is 0 Å². The van der Waals surface area contributed by atoms with Crippen LogP contribution in [0.2, 0.25) is 0 Å². The van der Waals surface area contributed by atoms with Crippen molar-refractivity contribution in [2.24, 2.45) is 0 Å². The molecule has 30 heavy (non-hydrogen) atoms. The summed E-state index contributed by atoms with van der Waals surface area (Å²) in [5, 5.41) is 0.619. The maximum atomic E-state index is 13.0. The molecule has 0 atom stereocenters. The van der Waals surface area contributed by atoms with Gasteiger partial charge in [0, 0.05) is 43.5 Å². The van der Waals surface area contributed by atoms with E-state index in [1.165, 1.54) is 12.0 Å². The van der Waals surface area contributed by atoms with E-state index in [2.05, 4.69) is 4.98 Å². The molecule has 152 valence electrons. The monoisotopic (exact) mass is 403 g/mol. The number of rotatable bonds is 4. The van der Waals surface area contributed by atoms with E-state index in [0.29, 0.717) is 48.4 Å². The van der Waals surface area contributed by atoms with Crippen LogP contribution in [0, 0.1) is 0 Å². The number of hydrogen-bond acceptors (Lipinski definition) is 4. The maximum absolute atomic E-state index is 13.0.